The van der Waals surface area contributed by atoms with Crippen LogP contribution in [0.2, 0.25) is 5.02 Å². The van der Waals surface area contributed by atoms with Crippen molar-refractivity contribution in [1.29, 1.82) is 0 Å². The molecule has 0 heterocycles. The van der Waals surface area contributed by atoms with Crippen LogP contribution >= 0.6 is 11.6 Å². The highest BCUT2D eigenvalue weighted by molar-refractivity contribution is 7.90. The molecule has 0 saturated carbocycles. The van der Waals surface area contributed by atoms with E-state index in [4.69, 9.17) is 25.8 Å². The number of aryl methyl sites for hydroxylation is 1. The number of hydrogen-bond acceptors (Lipinski definition) is 8. The number of methoxy groups -OCH3 is 2. The Morgan fingerprint density at radius 2 is 1.78 bits per heavy atom. The van der Waals surface area contributed by atoms with Crippen molar-refractivity contribution in [1.82, 2.24) is 0 Å². The molecule has 1 aliphatic carbocycles. The lowest BCUT2D eigenvalue weighted by Crippen LogP contribution is -2.35. The lowest BCUT2D eigenvalue weighted by Gasteiger charge is -2.26. The Morgan fingerprint density at radius 1 is 1.19 bits per heavy atom. The number of hydrogen-bond donors (Lipinski definition) is 0. The van der Waals surface area contributed by atoms with E-state index in [1.54, 1.807) is 0 Å². The average molecular weight is 501 g/mol. The first-order chi connectivity index (χ1) is 14.8. The van der Waals surface area contributed by atoms with Crippen molar-refractivity contribution in [2.45, 2.75) is 43.2 Å². The van der Waals surface area contributed by atoms with Gasteiger partial charge in [-0.05, 0) is 18.6 Å². The van der Waals surface area contributed by atoms with Gasteiger partial charge in [0, 0.05) is 33.0 Å². The zero-order chi connectivity index (χ0) is 24.4. The number of sulfone groups is 1. The largest absolute Gasteiger partial charge is 0.451 e. The van der Waals surface area contributed by atoms with Gasteiger partial charge >= 0.3 is 12.4 Å². The summed E-state index contributed by atoms with van der Waals surface area (Å²) in [6, 6.07) is 1.02. The molecule has 8 nitrogen and oxygen atoms in total. The minimum absolute atomic E-state index is 0.0526. The van der Waals surface area contributed by atoms with Crippen molar-refractivity contribution in [2.75, 3.05) is 20.5 Å². The number of halogens is 4. The first-order valence-electron chi connectivity index (χ1n) is 8.97. The molecule has 32 heavy (non-hydrogen) atoms. The number of ketones is 1. The van der Waals surface area contributed by atoms with Crippen LogP contribution in [0, 0.1) is 6.92 Å². The Labute approximate surface area is 187 Å². The van der Waals surface area contributed by atoms with E-state index in [0.717, 1.165) is 18.4 Å². The number of carbonyl (C=O) groups is 2. The Bertz CT molecular complexity index is 1040. The molecule has 0 fully saturated rings. The van der Waals surface area contributed by atoms with Gasteiger partial charge in [0.25, 0.3) is 6.36 Å². The molecule has 3 unspecified atom stereocenters. The molecule has 13 heteroatoms. The molecule has 0 saturated heterocycles. The van der Waals surface area contributed by atoms with Crippen LogP contribution in [0.1, 0.15) is 22.3 Å². The third-order valence-electron chi connectivity index (χ3n) is 4.51. The lowest BCUT2D eigenvalue weighted by molar-refractivity contribution is -0.127. The number of rotatable bonds is 8. The van der Waals surface area contributed by atoms with Crippen molar-refractivity contribution < 1.29 is 50.1 Å². The predicted molar refractivity (Wildman–Crippen MR) is 106 cm³/mol. The Balaban J connectivity index is 2.52. The number of esters is 1. The molecule has 1 aliphatic rings. The molecular formula is C19H20ClF3O8S. The maximum atomic E-state index is 13.6. The maximum absolute atomic E-state index is 13.6. The van der Waals surface area contributed by atoms with Crippen LogP contribution in [0.3, 0.4) is 0 Å². The fourth-order valence-electron chi connectivity index (χ4n) is 3.06. The van der Waals surface area contributed by atoms with Crippen molar-refractivity contribution in [3.8, 4) is 5.75 Å². The van der Waals surface area contributed by atoms with Crippen LogP contribution in [0.5, 0.6) is 5.75 Å². The summed E-state index contributed by atoms with van der Waals surface area (Å²) < 4.78 is 83.1. The van der Waals surface area contributed by atoms with Crippen LogP contribution in [0.4, 0.5) is 13.2 Å². The summed E-state index contributed by atoms with van der Waals surface area (Å²) in [6.07, 6.45) is -6.66. The van der Waals surface area contributed by atoms with E-state index >= 15 is 0 Å². The fraction of sp³-hybridized carbons (Fsp3) is 0.474. The molecule has 0 aromatic heterocycles. The summed E-state index contributed by atoms with van der Waals surface area (Å²) in [5.41, 5.74) is -0.623. The second kappa shape index (κ2) is 10.2. The molecule has 2 rings (SSSR count). The van der Waals surface area contributed by atoms with Crippen LogP contribution in [0.25, 0.3) is 0 Å². The second-order valence-electron chi connectivity index (χ2n) is 6.81. The van der Waals surface area contributed by atoms with E-state index in [2.05, 4.69) is 4.74 Å². The van der Waals surface area contributed by atoms with E-state index in [1.165, 1.54) is 21.1 Å². The van der Waals surface area contributed by atoms with Gasteiger partial charge in [0.15, 0.2) is 21.4 Å². The van der Waals surface area contributed by atoms with Crippen molar-refractivity contribution in [3.63, 3.8) is 0 Å². The molecule has 3 atom stereocenters. The molecule has 0 N–H and O–H groups in total. The van der Waals surface area contributed by atoms with Gasteiger partial charge in [-0.15, -0.1) is 0 Å². The summed E-state index contributed by atoms with van der Waals surface area (Å²) in [6.45, 7) is 1.23. The molecule has 0 bridgehead atoms. The first-order valence-corrected chi connectivity index (χ1v) is 11.2. The fourth-order valence-corrected chi connectivity index (χ4v) is 4.52. The number of ether oxygens (including phenoxy) is 4. The molecule has 178 valence electrons. The van der Waals surface area contributed by atoms with Crippen molar-refractivity contribution in [3.05, 3.63) is 34.1 Å². The highest BCUT2D eigenvalue weighted by Crippen LogP contribution is 2.39. The lowest BCUT2D eigenvalue weighted by atomic mass is 9.99. The van der Waals surface area contributed by atoms with Crippen molar-refractivity contribution in [2.24, 2.45) is 0 Å². The van der Waals surface area contributed by atoms with E-state index in [1.807, 2.05) is 0 Å². The molecule has 1 aromatic carbocycles. The molecular weight excluding hydrogens is 481 g/mol. The zero-order valence-electron chi connectivity index (χ0n) is 17.4. The molecule has 1 aromatic rings. The summed E-state index contributed by atoms with van der Waals surface area (Å²) in [7, 11) is -1.49. The van der Waals surface area contributed by atoms with Gasteiger partial charge in [-0.2, -0.15) is 4.39 Å². The quantitative estimate of drug-likeness (QED) is 0.502. The third-order valence-corrected chi connectivity index (χ3v) is 6.13. The highest BCUT2D eigenvalue weighted by Gasteiger charge is 2.35. The molecule has 0 amide bonds. The predicted octanol–water partition coefficient (Wildman–Crippen LogP) is 3.03. The van der Waals surface area contributed by atoms with Crippen LogP contribution in [-0.4, -0.2) is 65.6 Å². The summed E-state index contributed by atoms with van der Waals surface area (Å²) in [5.74, 6) is -2.78. The number of alkyl halides is 3. The Kier molecular flexibility index (Phi) is 8.32. The average Bonchev–Trinajstić information content (AvgIpc) is 2.69. The van der Waals surface area contributed by atoms with E-state index in [0.29, 0.717) is 0 Å². The minimum atomic E-state index is -4.12. The normalized spacial score (nSPS) is 20.2. The van der Waals surface area contributed by atoms with E-state index in [9.17, 15) is 31.2 Å². The van der Waals surface area contributed by atoms with Gasteiger partial charge in [0.2, 0.25) is 0 Å². The number of carbonyl (C=O) groups excluding carboxylic acids is 2. The Hall–Kier alpha value is -2.15. The van der Waals surface area contributed by atoms with Gasteiger partial charge in [-0.3, -0.25) is 4.79 Å². The summed E-state index contributed by atoms with van der Waals surface area (Å²) in [5, 5.41) is -0.754. The smallest absolute Gasteiger partial charge is 0.344 e. The SMILES string of the molecule is COC1CC(OC)C(OC(=O)c2cc(C)c(S(C)(=O)=O)c(OC(F)C(F)F)c2Cl)=CC1=O. The highest BCUT2D eigenvalue weighted by atomic mass is 35.5. The van der Waals surface area contributed by atoms with Crippen LogP contribution < -0.4 is 4.74 Å². The van der Waals surface area contributed by atoms with Crippen LogP contribution in [-0.2, 0) is 28.8 Å². The van der Waals surface area contributed by atoms with Crippen LogP contribution in [0.15, 0.2) is 22.8 Å². The number of benzene rings is 1. The van der Waals surface area contributed by atoms with E-state index < -0.39 is 67.8 Å². The first kappa shape index (κ1) is 26.1. The zero-order valence-corrected chi connectivity index (χ0v) is 18.9. The molecule has 0 aliphatic heterocycles. The summed E-state index contributed by atoms with van der Waals surface area (Å²) >= 11 is 6.06. The third kappa shape index (κ3) is 5.61. The van der Waals surface area contributed by atoms with Gasteiger partial charge in [0.1, 0.15) is 22.9 Å². The van der Waals surface area contributed by atoms with Gasteiger partial charge < -0.3 is 18.9 Å². The summed E-state index contributed by atoms with van der Waals surface area (Å²) in [4.78, 5) is 24.1. The standard InChI is InChI=1S/C19H20ClF3O8S/c1-8-5-9(14(20)15(16(8)32(4,26)27)31-18(23)17(21)22)19(25)30-13-6-10(24)11(28-2)7-12(13)29-3/h5-6,11-12,17-18H,7H2,1-4H3. The van der Waals surface area contributed by atoms with Gasteiger partial charge in [0.05, 0.1) is 10.6 Å². The molecule has 0 radical (unpaired) electrons. The Morgan fingerprint density at radius 3 is 2.28 bits per heavy atom. The second-order valence-corrected chi connectivity index (χ2v) is 9.14. The van der Waals surface area contributed by atoms with Gasteiger partial charge in [-0.25, -0.2) is 22.0 Å². The topological polar surface area (TPSA) is 105 Å². The maximum Gasteiger partial charge on any atom is 0.344 e. The minimum Gasteiger partial charge on any atom is -0.451 e. The van der Waals surface area contributed by atoms with Crippen molar-refractivity contribution >= 4 is 33.2 Å². The monoisotopic (exact) mass is 500 g/mol. The van der Waals surface area contributed by atoms with E-state index in [-0.39, 0.29) is 17.7 Å². The molecule has 0 spiro atoms. The van der Waals surface area contributed by atoms with Gasteiger partial charge in [-0.1, -0.05) is 11.6 Å².